The maximum Gasteiger partial charge on any atom is 0.259 e. The van der Waals surface area contributed by atoms with Crippen molar-refractivity contribution in [2.45, 2.75) is 12.8 Å². The van der Waals surface area contributed by atoms with E-state index in [-0.39, 0.29) is 5.91 Å². The normalized spacial score (nSPS) is 11.5. The van der Waals surface area contributed by atoms with Crippen LogP contribution in [0.1, 0.15) is 33.1 Å². The van der Waals surface area contributed by atoms with E-state index in [9.17, 15) is 10.1 Å². The molecule has 1 atom stereocenters. The Kier molecular flexibility index (Phi) is 5.78. The standard InChI is InChI=1S/C24H18ClN5O/c1-16-21(15-28-30(16)23-9-5-6-12-27-23)24(31)29-18-10-11-19(22(25)13-18)20(14-26)17-7-3-2-4-8-17/h2-13,15,20H,1H3,(H,29,31). The summed E-state index contributed by atoms with van der Waals surface area (Å²) in [5.74, 6) is -0.157. The molecule has 152 valence electrons. The van der Waals surface area contributed by atoms with Crippen LogP contribution in [0.4, 0.5) is 5.69 Å². The maximum atomic E-state index is 12.8. The molecule has 1 amide bonds. The first-order valence-electron chi connectivity index (χ1n) is 9.60. The van der Waals surface area contributed by atoms with Crippen molar-refractivity contribution in [1.29, 1.82) is 5.26 Å². The van der Waals surface area contributed by atoms with Gasteiger partial charge in [-0.1, -0.05) is 54.1 Å². The SMILES string of the molecule is Cc1c(C(=O)Nc2ccc(C(C#N)c3ccccc3)c(Cl)c2)cnn1-c1ccccn1. The van der Waals surface area contributed by atoms with Crippen LogP contribution in [-0.4, -0.2) is 20.7 Å². The average molecular weight is 428 g/mol. The summed E-state index contributed by atoms with van der Waals surface area (Å²) in [5.41, 5.74) is 3.19. The smallest absolute Gasteiger partial charge is 0.259 e. The predicted octanol–water partition coefficient (Wildman–Crippen LogP) is 5.14. The molecule has 2 aromatic carbocycles. The highest BCUT2D eigenvalue weighted by Crippen LogP contribution is 2.32. The number of anilines is 1. The third kappa shape index (κ3) is 4.18. The molecule has 4 aromatic rings. The molecular weight excluding hydrogens is 410 g/mol. The predicted molar refractivity (Wildman–Crippen MR) is 119 cm³/mol. The Hall–Kier alpha value is -3.95. The lowest BCUT2D eigenvalue weighted by atomic mass is 9.92. The fourth-order valence-electron chi connectivity index (χ4n) is 3.35. The fraction of sp³-hybridized carbons (Fsp3) is 0.0833. The summed E-state index contributed by atoms with van der Waals surface area (Å²) in [6.45, 7) is 1.81. The minimum atomic E-state index is -0.489. The third-order valence-corrected chi connectivity index (χ3v) is 5.28. The number of hydrogen-bond donors (Lipinski definition) is 1. The number of nitrogens with zero attached hydrogens (tertiary/aromatic N) is 4. The van der Waals surface area contributed by atoms with Gasteiger partial charge in [0, 0.05) is 16.9 Å². The number of amides is 1. The first kappa shape index (κ1) is 20.3. The fourth-order valence-corrected chi connectivity index (χ4v) is 3.64. The van der Waals surface area contributed by atoms with E-state index in [0.29, 0.717) is 33.3 Å². The molecule has 1 unspecified atom stereocenters. The van der Waals surface area contributed by atoms with Gasteiger partial charge in [0.2, 0.25) is 0 Å². The van der Waals surface area contributed by atoms with Crippen LogP contribution in [0.15, 0.2) is 79.1 Å². The second-order valence-electron chi connectivity index (χ2n) is 6.91. The molecule has 0 spiro atoms. The number of carbonyl (C=O) groups is 1. The van der Waals surface area contributed by atoms with Gasteiger partial charge in [0.25, 0.3) is 5.91 Å². The van der Waals surface area contributed by atoms with Crippen molar-refractivity contribution in [1.82, 2.24) is 14.8 Å². The van der Waals surface area contributed by atoms with Gasteiger partial charge in [0.15, 0.2) is 5.82 Å². The monoisotopic (exact) mass is 427 g/mol. The van der Waals surface area contributed by atoms with Crippen LogP contribution < -0.4 is 5.32 Å². The van der Waals surface area contributed by atoms with Crippen molar-refractivity contribution in [3.63, 3.8) is 0 Å². The Morgan fingerprint density at radius 1 is 1.13 bits per heavy atom. The van der Waals surface area contributed by atoms with Gasteiger partial charge in [0.1, 0.15) is 0 Å². The number of rotatable bonds is 5. The Labute approximate surface area is 184 Å². The number of nitrogens with one attached hydrogen (secondary N) is 1. The van der Waals surface area contributed by atoms with Gasteiger partial charge in [-0.2, -0.15) is 10.4 Å². The van der Waals surface area contributed by atoms with Crippen LogP contribution in [0.5, 0.6) is 0 Å². The van der Waals surface area contributed by atoms with Crippen molar-refractivity contribution in [3.05, 3.63) is 107 Å². The molecule has 0 fully saturated rings. The van der Waals surface area contributed by atoms with Crippen molar-refractivity contribution in [2.75, 3.05) is 5.32 Å². The quantitative estimate of drug-likeness (QED) is 0.478. The molecule has 0 aliphatic heterocycles. The van der Waals surface area contributed by atoms with Crippen molar-refractivity contribution in [2.24, 2.45) is 0 Å². The van der Waals surface area contributed by atoms with Gasteiger partial charge in [-0.3, -0.25) is 4.79 Å². The summed E-state index contributed by atoms with van der Waals surface area (Å²) >= 11 is 6.47. The largest absolute Gasteiger partial charge is 0.322 e. The molecule has 0 aliphatic rings. The van der Waals surface area contributed by atoms with Gasteiger partial charge in [-0.15, -0.1) is 0 Å². The number of halogens is 1. The molecule has 2 heterocycles. The summed E-state index contributed by atoms with van der Waals surface area (Å²) in [4.78, 5) is 17.1. The van der Waals surface area contributed by atoms with Gasteiger partial charge in [0.05, 0.1) is 29.4 Å². The molecule has 0 saturated heterocycles. The maximum absolute atomic E-state index is 12.8. The molecule has 0 radical (unpaired) electrons. The van der Waals surface area contributed by atoms with E-state index in [1.54, 1.807) is 29.1 Å². The van der Waals surface area contributed by atoms with Crippen molar-refractivity contribution < 1.29 is 4.79 Å². The number of carbonyl (C=O) groups excluding carboxylic acids is 1. The number of hydrogen-bond acceptors (Lipinski definition) is 4. The molecule has 2 aromatic heterocycles. The summed E-state index contributed by atoms with van der Waals surface area (Å²) < 4.78 is 1.61. The number of benzene rings is 2. The van der Waals surface area contributed by atoms with E-state index in [0.717, 1.165) is 5.56 Å². The number of nitriles is 1. The summed E-state index contributed by atoms with van der Waals surface area (Å²) in [6.07, 6.45) is 3.18. The molecule has 0 bridgehead atoms. The van der Waals surface area contributed by atoms with Crippen LogP contribution in [0, 0.1) is 18.3 Å². The minimum absolute atomic E-state index is 0.302. The Morgan fingerprint density at radius 2 is 1.90 bits per heavy atom. The summed E-state index contributed by atoms with van der Waals surface area (Å²) in [7, 11) is 0. The van der Waals surface area contributed by atoms with E-state index < -0.39 is 5.92 Å². The minimum Gasteiger partial charge on any atom is -0.322 e. The summed E-state index contributed by atoms with van der Waals surface area (Å²) in [5, 5.41) is 17.2. The van der Waals surface area contributed by atoms with Crippen LogP contribution in [-0.2, 0) is 0 Å². The Balaban J connectivity index is 1.56. The topological polar surface area (TPSA) is 83.6 Å². The highest BCUT2D eigenvalue weighted by Gasteiger charge is 2.19. The van der Waals surface area contributed by atoms with Gasteiger partial charge < -0.3 is 5.32 Å². The second-order valence-corrected chi connectivity index (χ2v) is 7.31. The zero-order chi connectivity index (χ0) is 21.8. The molecular formula is C24H18ClN5O. The Morgan fingerprint density at radius 3 is 2.58 bits per heavy atom. The highest BCUT2D eigenvalue weighted by atomic mass is 35.5. The molecule has 1 N–H and O–H groups in total. The molecule has 0 aliphatic carbocycles. The van der Waals surface area contributed by atoms with Crippen LogP contribution >= 0.6 is 11.6 Å². The lowest BCUT2D eigenvalue weighted by Gasteiger charge is -2.13. The molecule has 6 nitrogen and oxygen atoms in total. The molecule has 0 saturated carbocycles. The van der Waals surface area contributed by atoms with Crippen LogP contribution in [0.3, 0.4) is 0 Å². The summed E-state index contributed by atoms with van der Waals surface area (Å²) in [6, 6.07) is 22.4. The number of pyridine rings is 1. The van der Waals surface area contributed by atoms with Crippen molar-refractivity contribution in [3.8, 4) is 11.9 Å². The first-order valence-corrected chi connectivity index (χ1v) is 9.97. The zero-order valence-electron chi connectivity index (χ0n) is 16.7. The van der Waals surface area contributed by atoms with E-state index in [2.05, 4.69) is 21.5 Å². The van der Waals surface area contributed by atoms with Crippen molar-refractivity contribution >= 4 is 23.2 Å². The molecule has 4 rings (SSSR count). The second kappa shape index (κ2) is 8.82. The lowest BCUT2D eigenvalue weighted by Crippen LogP contribution is -2.13. The third-order valence-electron chi connectivity index (χ3n) is 4.95. The lowest BCUT2D eigenvalue weighted by molar-refractivity contribution is 0.102. The van der Waals surface area contributed by atoms with E-state index >= 15 is 0 Å². The van der Waals surface area contributed by atoms with E-state index in [4.69, 9.17) is 11.6 Å². The highest BCUT2D eigenvalue weighted by molar-refractivity contribution is 6.32. The van der Waals surface area contributed by atoms with Crippen LogP contribution in [0.2, 0.25) is 5.02 Å². The van der Waals surface area contributed by atoms with E-state index in [1.165, 1.54) is 6.20 Å². The van der Waals surface area contributed by atoms with E-state index in [1.807, 2.05) is 55.5 Å². The Bertz CT molecular complexity index is 1260. The number of aromatic nitrogens is 3. The van der Waals surface area contributed by atoms with Gasteiger partial charge in [-0.25, -0.2) is 9.67 Å². The first-order chi connectivity index (χ1) is 15.1. The van der Waals surface area contributed by atoms with Crippen LogP contribution in [0.25, 0.3) is 5.82 Å². The molecule has 31 heavy (non-hydrogen) atoms. The zero-order valence-corrected chi connectivity index (χ0v) is 17.4. The van der Waals surface area contributed by atoms with Gasteiger partial charge in [-0.05, 0) is 42.3 Å². The molecule has 7 heteroatoms. The van der Waals surface area contributed by atoms with Gasteiger partial charge >= 0.3 is 0 Å². The average Bonchev–Trinajstić information content (AvgIpc) is 3.18.